The van der Waals surface area contributed by atoms with Crippen LogP contribution in [0.5, 0.6) is 0 Å². The quantitative estimate of drug-likeness (QED) is 0.552. The molecule has 1 saturated heterocycles. The Morgan fingerprint density at radius 2 is 1.93 bits per heavy atom. The number of hydrogen-bond donors (Lipinski definition) is 0. The van der Waals surface area contributed by atoms with Gasteiger partial charge in [-0.2, -0.15) is 0 Å². The Balaban J connectivity index is 2.46. The maximum absolute atomic E-state index is 11.8. The monoisotopic (exact) mass is 203 g/mol. The van der Waals surface area contributed by atoms with Gasteiger partial charge in [0.15, 0.2) is 5.78 Å². The molecule has 0 aromatic rings. The molecule has 78 valence electrons. The number of likely N-dealkylation sites (N-methyl/N-ethyl adjacent to an activating group) is 1. The van der Waals surface area contributed by atoms with Crippen LogP contribution in [0.1, 0.15) is 6.92 Å². The number of hydrogen-bond acceptors (Lipinski definition) is 2. The fraction of sp³-hybridized carbons (Fsp3) is 0.333. The van der Waals surface area contributed by atoms with Crippen molar-refractivity contribution >= 4 is 11.7 Å². The highest BCUT2D eigenvalue weighted by Gasteiger charge is 2.43. The van der Waals surface area contributed by atoms with Crippen LogP contribution in [0, 0.1) is 5.41 Å². The minimum absolute atomic E-state index is 0.0157. The third kappa shape index (κ3) is 1.35. The molecule has 1 amide bonds. The Morgan fingerprint density at radius 3 is 2.47 bits per heavy atom. The smallest absolute Gasteiger partial charge is 0.250 e. The van der Waals surface area contributed by atoms with E-state index in [1.165, 1.54) is 12.2 Å². The van der Waals surface area contributed by atoms with Gasteiger partial charge in [0.25, 0.3) is 5.91 Å². The normalized spacial score (nSPS) is 26.0. The van der Waals surface area contributed by atoms with E-state index >= 15 is 0 Å². The van der Waals surface area contributed by atoms with Crippen LogP contribution in [0.15, 0.2) is 36.0 Å². The molecule has 1 fully saturated rings. The molecule has 3 heteroatoms. The maximum atomic E-state index is 11.8. The van der Waals surface area contributed by atoms with E-state index in [1.807, 2.05) is 25.2 Å². The van der Waals surface area contributed by atoms with Crippen molar-refractivity contribution in [3.05, 3.63) is 36.0 Å². The topological polar surface area (TPSA) is 37.4 Å². The van der Waals surface area contributed by atoms with Gasteiger partial charge < -0.3 is 4.90 Å². The van der Waals surface area contributed by atoms with E-state index in [-0.39, 0.29) is 17.1 Å². The fourth-order valence-corrected chi connectivity index (χ4v) is 2.20. The van der Waals surface area contributed by atoms with Gasteiger partial charge in [0.05, 0.1) is 5.41 Å². The van der Waals surface area contributed by atoms with Gasteiger partial charge in [0, 0.05) is 19.2 Å². The maximum Gasteiger partial charge on any atom is 0.250 e. The second kappa shape index (κ2) is 3.19. The molecule has 0 aromatic carbocycles. The molecule has 0 bridgehead atoms. The Hall–Kier alpha value is -1.64. The molecule has 15 heavy (non-hydrogen) atoms. The van der Waals surface area contributed by atoms with Gasteiger partial charge in [0.1, 0.15) is 0 Å². The highest BCUT2D eigenvalue weighted by Crippen LogP contribution is 2.40. The summed E-state index contributed by atoms with van der Waals surface area (Å²) < 4.78 is 0. The van der Waals surface area contributed by atoms with Crippen LogP contribution in [0.25, 0.3) is 0 Å². The average molecular weight is 203 g/mol. The lowest BCUT2D eigenvalue weighted by atomic mass is 9.79. The van der Waals surface area contributed by atoms with Crippen LogP contribution in [0.3, 0.4) is 0 Å². The number of ketones is 1. The number of carbonyl (C=O) groups excluding carboxylic acids is 2. The number of allylic oxidation sites excluding steroid dienone is 3. The molecule has 1 aliphatic heterocycles. The molecule has 0 N–H and O–H groups in total. The van der Waals surface area contributed by atoms with Crippen LogP contribution in [0.4, 0.5) is 0 Å². The van der Waals surface area contributed by atoms with Crippen molar-refractivity contribution in [2.24, 2.45) is 5.41 Å². The van der Waals surface area contributed by atoms with Crippen LogP contribution in [0.2, 0.25) is 0 Å². The third-order valence-electron chi connectivity index (χ3n) is 2.96. The van der Waals surface area contributed by atoms with Gasteiger partial charge in [-0.3, -0.25) is 9.59 Å². The minimum Gasteiger partial charge on any atom is -0.340 e. The van der Waals surface area contributed by atoms with Gasteiger partial charge >= 0.3 is 0 Å². The van der Waals surface area contributed by atoms with Crippen LogP contribution < -0.4 is 0 Å². The molecule has 0 radical (unpaired) electrons. The molecule has 1 aliphatic carbocycles. The number of nitrogens with zero attached hydrogens (tertiary/aromatic N) is 1. The van der Waals surface area contributed by atoms with E-state index in [2.05, 4.69) is 0 Å². The van der Waals surface area contributed by atoms with Crippen molar-refractivity contribution in [1.82, 2.24) is 4.90 Å². The van der Waals surface area contributed by atoms with E-state index in [4.69, 9.17) is 0 Å². The summed E-state index contributed by atoms with van der Waals surface area (Å²) in [5, 5.41) is 0. The Bertz CT molecular complexity index is 399. The van der Waals surface area contributed by atoms with Gasteiger partial charge in [0.2, 0.25) is 0 Å². The van der Waals surface area contributed by atoms with Gasteiger partial charge in [-0.15, -0.1) is 0 Å². The molecular weight excluding hydrogens is 190 g/mol. The lowest BCUT2D eigenvalue weighted by molar-refractivity contribution is -0.123. The second-order valence-corrected chi connectivity index (χ2v) is 3.97. The molecule has 0 aromatic heterocycles. The lowest BCUT2D eigenvalue weighted by Crippen LogP contribution is -2.24. The summed E-state index contributed by atoms with van der Waals surface area (Å²) in [6.07, 6.45) is 8.56. The highest BCUT2D eigenvalue weighted by molar-refractivity contribution is 6.04. The standard InChI is InChI=1S/C12H13NO2/c1-3-10-11(15)13(2)8-12(10)6-4-9(14)5-7-12/h3-7H,8H2,1-2H3/b10-3-. The summed E-state index contributed by atoms with van der Waals surface area (Å²) in [5.74, 6) is 0.0271. The first-order chi connectivity index (χ1) is 7.09. The van der Waals surface area contributed by atoms with E-state index in [0.29, 0.717) is 6.54 Å². The van der Waals surface area contributed by atoms with Crippen LogP contribution >= 0.6 is 0 Å². The minimum atomic E-state index is -0.380. The first kappa shape index (κ1) is 9.90. The van der Waals surface area contributed by atoms with Crippen molar-refractivity contribution in [2.45, 2.75) is 6.92 Å². The Kier molecular flexibility index (Phi) is 2.11. The molecular formula is C12H13NO2. The molecule has 1 spiro atoms. The second-order valence-electron chi connectivity index (χ2n) is 3.97. The predicted octanol–water partition coefficient (Wildman–Crippen LogP) is 1.09. The molecule has 1 heterocycles. The zero-order valence-electron chi connectivity index (χ0n) is 8.86. The van der Waals surface area contributed by atoms with Gasteiger partial charge in [-0.05, 0) is 19.1 Å². The molecule has 0 saturated carbocycles. The van der Waals surface area contributed by atoms with E-state index in [1.54, 1.807) is 11.9 Å². The van der Waals surface area contributed by atoms with Crippen molar-refractivity contribution in [3.63, 3.8) is 0 Å². The van der Waals surface area contributed by atoms with Gasteiger partial charge in [-0.25, -0.2) is 0 Å². The van der Waals surface area contributed by atoms with Crippen LogP contribution in [-0.2, 0) is 9.59 Å². The zero-order chi connectivity index (χ0) is 11.1. The summed E-state index contributed by atoms with van der Waals surface area (Å²) in [4.78, 5) is 24.5. The Morgan fingerprint density at radius 1 is 1.33 bits per heavy atom. The summed E-state index contributed by atoms with van der Waals surface area (Å²) in [5.41, 5.74) is 0.374. The van der Waals surface area contributed by atoms with Gasteiger partial charge in [-0.1, -0.05) is 18.2 Å². The van der Waals surface area contributed by atoms with Crippen molar-refractivity contribution in [2.75, 3.05) is 13.6 Å². The predicted molar refractivity (Wildman–Crippen MR) is 57.1 cm³/mol. The third-order valence-corrected chi connectivity index (χ3v) is 2.96. The SMILES string of the molecule is C/C=C1/C(=O)N(C)CC12C=CC(=O)C=C2. The first-order valence-electron chi connectivity index (χ1n) is 4.94. The van der Waals surface area contributed by atoms with Crippen molar-refractivity contribution in [3.8, 4) is 0 Å². The largest absolute Gasteiger partial charge is 0.340 e. The average Bonchev–Trinajstić information content (AvgIpc) is 2.45. The summed E-state index contributed by atoms with van der Waals surface area (Å²) >= 11 is 0. The molecule has 3 nitrogen and oxygen atoms in total. The first-order valence-corrected chi connectivity index (χ1v) is 4.94. The molecule has 2 aliphatic rings. The lowest BCUT2D eigenvalue weighted by Gasteiger charge is -2.23. The van der Waals surface area contributed by atoms with E-state index < -0.39 is 0 Å². The number of carbonyl (C=O) groups is 2. The number of rotatable bonds is 0. The molecule has 0 atom stereocenters. The highest BCUT2D eigenvalue weighted by atomic mass is 16.2. The van der Waals surface area contributed by atoms with E-state index in [9.17, 15) is 9.59 Å². The summed E-state index contributed by atoms with van der Waals surface area (Å²) in [6, 6.07) is 0. The van der Waals surface area contributed by atoms with Crippen LogP contribution in [-0.4, -0.2) is 30.2 Å². The fourth-order valence-electron chi connectivity index (χ4n) is 2.20. The Labute approximate surface area is 88.8 Å². The van der Waals surface area contributed by atoms with E-state index in [0.717, 1.165) is 5.57 Å². The zero-order valence-corrected chi connectivity index (χ0v) is 8.86. The van der Waals surface area contributed by atoms with Crippen molar-refractivity contribution in [1.29, 1.82) is 0 Å². The number of likely N-dealkylation sites (tertiary alicyclic amines) is 1. The number of amides is 1. The molecule has 0 unspecified atom stereocenters. The summed E-state index contributed by atoms with van der Waals surface area (Å²) in [6.45, 7) is 2.47. The van der Waals surface area contributed by atoms with Crippen molar-refractivity contribution < 1.29 is 9.59 Å². The summed E-state index contributed by atoms with van der Waals surface area (Å²) in [7, 11) is 1.78. The molecule has 2 rings (SSSR count).